The van der Waals surface area contributed by atoms with Gasteiger partial charge in [-0.3, -0.25) is 4.79 Å². The highest BCUT2D eigenvalue weighted by Crippen LogP contribution is 2.18. The summed E-state index contributed by atoms with van der Waals surface area (Å²) in [6.45, 7) is 9.14. The summed E-state index contributed by atoms with van der Waals surface area (Å²) in [6, 6.07) is 3.54. The van der Waals surface area contributed by atoms with Crippen molar-refractivity contribution in [1.82, 2.24) is 9.88 Å². The quantitative estimate of drug-likeness (QED) is 0.620. The minimum absolute atomic E-state index is 0.00597. The molecule has 1 amide bonds. The summed E-state index contributed by atoms with van der Waals surface area (Å²) in [5.41, 5.74) is 4.01. The second kappa shape index (κ2) is 7.24. The number of amides is 1. The number of nitrogens with two attached hydrogens (primary N) is 1. The molecule has 5 nitrogen and oxygen atoms in total. The first-order chi connectivity index (χ1) is 9.35. The molecule has 1 heterocycles. The van der Waals surface area contributed by atoms with E-state index >= 15 is 0 Å². The Morgan fingerprint density at radius 3 is 2.50 bits per heavy atom. The van der Waals surface area contributed by atoms with E-state index in [2.05, 4.69) is 24.3 Å². The number of nitrogens with zero attached hydrogens (tertiary/aromatic N) is 2. The van der Waals surface area contributed by atoms with Crippen LogP contribution in [0.1, 0.15) is 56.1 Å². The van der Waals surface area contributed by atoms with E-state index < -0.39 is 0 Å². The first-order valence-electron chi connectivity index (χ1n) is 7.09. The maximum Gasteiger partial charge on any atom is 0.253 e. The van der Waals surface area contributed by atoms with Crippen molar-refractivity contribution < 1.29 is 4.79 Å². The molecule has 0 fully saturated rings. The SMILES string of the molecule is CC(C)CCN(C)C(=O)c1cc(NN)nc(C(C)C)c1. The van der Waals surface area contributed by atoms with Crippen LogP contribution in [0, 0.1) is 5.92 Å². The van der Waals surface area contributed by atoms with Crippen molar-refractivity contribution in [3.05, 3.63) is 23.4 Å². The molecule has 1 aromatic heterocycles. The van der Waals surface area contributed by atoms with E-state index in [9.17, 15) is 4.79 Å². The van der Waals surface area contributed by atoms with Gasteiger partial charge in [-0.05, 0) is 30.4 Å². The highest BCUT2D eigenvalue weighted by molar-refractivity contribution is 5.94. The molecule has 20 heavy (non-hydrogen) atoms. The Balaban J connectivity index is 2.93. The van der Waals surface area contributed by atoms with Gasteiger partial charge in [0.05, 0.1) is 0 Å². The van der Waals surface area contributed by atoms with Crippen molar-refractivity contribution in [2.45, 2.75) is 40.0 Å². The molecule has 0 radical (unpaired) electrons. The summed E-state index contributed by atoms with van der Waals surface area (Å²) < 4.78 is 0. The number of anilines is 1. The van der Waals surface area contributed by atoms with Gasteiger partial charge in [0, 0.05) is 24.8 Å². The van der Waals surface area contributed by atoms with Gasteiger partial charge in [0.15, 0.2) is 0 Å². The zero-order valence-electron chi connectivity index (χ0n) is 13.1. The Kier molecular flexibility index (Phi) is 5.95. The van der Waals surface area contributed by atoms with E-state index in [1.54, 1.807) is 11.0 Å². The Labute approximate surface area is 121 Å². The number of rotatable bonds is 6. The summed E-state index contributed by atoms with van der Waals surface area (Å²) >= 11 is 0. The number of hydrazine groups is 1. The number of carbonyl (C=O) groups is 1. The van der Waals surface area contributed by atoms with Gasteiger partial charge in [-0.1, -0.05) is 27.7 Å². The molecule has 0 bridgehead atoms. The number of carbonyl (C=O) groups excluding carboxylic acids is 1. The number of nitrogen functional groups attached to an aromatic ring is 1. The maximum absolute atomic E-state index is 12.4. The van der Waals surface area contributed by atoms with Crippen LogP contribution in [0.15, 0.2) is 12.1 Å². The van der Waals surface area contributed by atoms with Crippen LogP contribution in [-0.2, 0) is 0 Å². The zero-order chi connectivity index (χ0) is 15.3. The predicted molar refractivity (Wildman–Crippen MR) is 82.6 cm³/mol. The standard InChI is InChI=1S/C15H26N4O/c1-10(2)6-7-19(5)15(20)12-8-13(11(3)4)17-14(9-12)18-16/h8-11H,6-7,16H2,1-5H3,(H,17,18). The Morgan fingerprint density at radius 1 is 1.35 bits per heavy atom. The zero-order valence-corrected chi connectivity index (χ0v) is 13.1. The molecule has 1 aromatic rings. The van der Waals surface area contributed by atoms with Gasteiger partial charge in [0.1, 0.15) is 5.82 Å². The van der Waals surface area contributed by atoms with E-state index in [1.165, 1.54) is 0 Å². The summed E-state index contributed by atoms with van der Waals surface area (Å²) in [5.74, 6) is 6.78. The molecule has 112 valence electrons. The topological polar surface area (TPSA) is 71.2 Å². The summed E-state index contributed by atoms with van der Waals surface area (Å²) in [5, 5.41) is 0. The lowest BCUT2D eigenvalue weighted by molar-refractivity contribution is 0.0789. The van der Waals surface area contributed by atoms with E-state index in [1.807, 2.05) is 27.0 Å². The molecular weight excluding hydrogens is 252 g/mol. The fraction of sp³-hybridized carbons (Fsp3) is 0.600. The van der Waals surface area contributed by atoms with Gasteiger partial charge in [-0.15, -0.1) is 0 Å². The number of pyridine rings is 1. The molecule has 0 saturated carbocycles. The Morgan fingerprint density at radius 2 is 2.00 bits per heavy atom. The molecule has 3 N–H and O–H groups in total. The minimum Gasteiger partial charge on any atom is -0.342 e. The van der Waals surface area contributed by atoms with Gasteiger partial charge < -0.3 is 10.3 Å². The molecule has 0 aliphatic carbocycles. The van der Waals surface area contributed by atoms with Crippen molar-refractivity contribution in [3.8, 4) is 0 Å². The van der Waals surface area contributed by atoms with Crippen molar-refractivity contribution in [2.75, 3.05) is 19.0 Å². The molecule has 1 rings (SSSR count). The molecule has 0 aliphatic rings. The molecule has 0 unspecified atom stereocenters. The van der Waals surface area contributed by atoms with Crippen LogP contribution in [0.3, 0.4) is 0 Å². The van der Waals surface area contributed by atoms with Crippen LogP contribution in [0.25, 0.3) is 0 Å². The number of hydrogen-bond donors (Lipinski definition) is 2. The average molecular weight is 278 g/mol. The van der Waals surface area contributed by atoms with Crippen LogP contribution in [0.4, 0.5) is 5.82 Å². The van der Waals surface area contributed by atoms with E-state index in [0.29, 0.717) is 17.3 Å². The minimum atomic E-state index is 0.00597. The highest BCUT2D eigenvalue weighted by Gasteiger charge is 2.15. The Bertz CT molecular complexity index is 457. The molecule has 0 atom stereocenters. The molecule has 0 aromatic carbocycles. The number of aromatic nitrogens is 1. The first-order valence-corrected chi connectivity index (χ1v) is 7.09. The van der Waals surface area contributed by atoms with Crippen molar-refractivity contribution in [1.29, 1.82) is 0 Å². The van der Waals surface area contributed by atoms with E-state index in [0.717, 1.165) is 18.7 Å². The van der Waals surface area contributed by atoms with Crippen molar-refractivity contribution in [2.24, 2.45) is 11.8 Å². The second-order valence-electron chi connectivity index (χ2n) is 5.87. The molecule has 0 spiro atoms. The van der Waals surface area contributed by atoms with Crippen LogP contribution >= 0.6 is 0 Å². The highest BCUT2D eigenvalue weighted by atomic mass is 16.2. The average Bonchev–Trinajstić information content (AvgIpc) is 2.43. The van der Waals surface area contributed by atoms with Crippen molar-refractivity contribution >= 4 is 11.7 Å². The van der Waals surface area contributed by atoms with Gasteiger partial charge in [0.25, 0.3) is 5.91 Å². The largest absolute Gasteiger partial charge is 0.342 e. The van der Waals surface area contributed by atoms with E-state index in [-0.39, 0.29) is 11.8 Å². The van der Waals surface area contributed by atoms with E-state index in [4.69, 9.17) is 5.84 Å². The third-order valence-electron chi connectivity index (χ3n) is 3.22. The molecular formula is C15H26N4O. The van der Waals surface area contributed by atoms with Crippen LogP contribution in [0.5, 0.6) is 0 Å². The van der Waals surface area contributed by atoms with Gasteiger partial charge in [0.2, 0.25) is 0 Å². The van der Waals surface area contributed by atoms with Gasteiger partial charge >= 0.3 is 0 Å². The fourth-order valence-corrected chi connectivity index (χ4v) is 1.82. The summed E-state index contributed by atoms with van der Waals surface area (Å²) in [6.07, 6.45) is 0.992. The predicted octanol–water partition coefficient (Wildman–Crippen LogP) is 2.61. The van der Waals surface area contributed by atoms with Crippen LogP contribution in [0.2, 0.25) is 0 Å². The van der Waals surface area contributed by atoms with Crippen LogP contribution < -0.4 is 11.3 Å². The monoisotopic (exact) mass is 278 g/mol. The van der Waals surface area contributed by atoms with Crippen molar-refractivity contribution in [3.63, 3.8) is 0 Å². The molecule has 0 aliphatic heterocycles. The molecule has 5 heteroatoms. The third-order valence-corrected chi connectivity index (χ3v) is 3.22. The maximum atomic E-state index is 12.4. The lowest BCUT2D eigenvalue weighted by Gasteiger charge is -2.19. The fourth-order valence-electron chi connectivity index (χ4n) is 1.82. The number of hydrogen-bond acceptors (Lipinski definition) is 4. The normalized spacial score (nSPS) is 11.0. The second-order valence-corrected chi connectivity index (χ2v) is 5.87. The van der Waals surface area contributed by atoms with Crippen LogP contribution in [-0.4, -0.2) is 29.4 Å². The van der Waals surface area contributed by atoms with Gasteiger partial charge in [-0.2, -0.15) is 0 Å². The Hall–Kier alpha value is -1.62. The van der Waals surface area contributed by atoms with Gasteiger partial charge in [-0.25, -0.2) is 10.8 Å². The summed E-state index contributed by atoms with van der Waals surface area (Å²) in [7, 11) is 1.83. The summed E-state index contributed by atoms with van der Waals surface area (Å²) in [4.78, 5) is 18.5. The first kappa shape index (κ1) is 16.4. The lowest BCUT2D eigenvalue weighted by atomic mass is 10.1. The third kappa shape index (κ3) is 4.49. The smallest absolute Gasteiger partial charge is 0.253 e. The lowest BCUT2D eigenvalue weighted by Crippen LogP contribution is -2.29. The molecule has 0 saturated heterocycles. The number of nitrogens with one attached hydrogen (secondary N) is 1.